The van der Waals surface area contributed by atoms with Crippen molar-refractivity contribution < 1.29 is 27.5 Å². The fraction of sp³-hybridized carbons (Fsp3) is 0.571. The second-order valence-electron chi connectivity index (χ2n) is 7.51. The third kappa shape index (κ3) is 7.03. The van der Waals surface area contributed by atoms with Crippen LogP contribution in [0.3, 0.4) is 0 Å². The van der Waals surface area contributed by atoms with E-state index in [0.29, 0.717) is 39.0 Å². The van der Waals surface area contributed by atoms with Crippen LogP contribution < -0.4 is 4.72 Å². The Hall–Kier alpha value is -2.46. The lowest BCUT2D eigenvalue weighted by molar-refractivity contribution is -0.151. The van der Waals surface area contributed by atoms with Gasteiger partial charge < -0.3 is 14.5 Å². The minimum absolute atomic E-state index is 0.0116. The predicted molar refractivity (Wildman–Crippen MR) is 115 cm³/mol. The summed E-state index contributed by atoms with van der Waals surface area (Å²) in [6.07, 6.45) is 1.80. The lowest BCUT2D eigenvalue weighted by atomic mass is 9.97. The largest absolute Gasteiger partial charge is 0.466 e. The van der Waals surface area contributed by atoms with Crippen molar-refractivity contribution in [1.82, 2.24) is 14.5 Å². The standard InChI is InChI=1S/C21H31N3O6S/c1-4-30-21(27)17-11-13-24(14-12-17)20(26)15-23(3)19(25)10-7-16-5-8-18(9-6-16)31(28,29)22-2/h5-6,8-9,17,22H,4,7,10-15H2,1-3H3. The van der Waals surface area contributed by atoms with E-state index in [4.69, 9.17) is 4.74 Å². The van der Waals surface area contributed by atoms with E-state index in [9.17, 15) is 22.8 Å². The molecule has 1 N–H and O–H groups in total. The monoisotopic (exact) mass is 453 g/mol. The Morgan fingerprint density at radius 1 is 1.16 bits per heavy atom. The third-order valence-corrected chi connectivity index (χ3v) is 6.83. The molecule has 1 aliphatic heterocycles. The number of rotatable bonds is 9. The number of carbonyl (C=O) groups excluding carboxylic acids is 3. The van der Waals surface area contributed by atoms with Crippen LogP contribution in [0.15, 0.2) is 29.2 Å². The number of benzene rings is 1. The van der Waals surface area contributed by atoms with E-state index >= 15 is 0 Å². The van der Waals surface area contributed by atoms with Crippen molar-refractivity contribution in [3.8, 4) is 0 Å². The Labute approximate surface area is 183 Å². The highest BCUT2D eigenvalue weighted by Crippen LogP contribution is 2.19. The number of esters is 1. The molecular weight excluding hydrogens is 422 g/mol. The highest BCUT2D eigenvalue weighted by Gasteiger charge is 2.28. The second-order valence-corrected chi connectivity index (χ2v) is 9.39. The number of piperidine rings is 1. The number of ether oxygens (including phenoxy) is 1. The first-order valence-electron chi connectivity index (χ1n) is 10.4. The zero-order valence-electron chi connectivity index (χ0n) is 18.3. The third-order valence-electron chi connectivity index (χ3n) is 5.40. The molecule has 172 valence electrons. The van der Waals surface area contributed by atoms with Crippen LogP contribution >= 0.6 is 0 Å². The lowest BCUT2D eigenvalue weighted by Crippen LogP contribution is -2.45. The number of hydrogen-bond donors (Lipinski definition) is 1. The van der Waals surface area contributed by atoms with Crippen LogP contribution in [0.1, 0.15) is 31.7 Å². The van der Waals surface area contributed by atoms with Crippen LogP contribution in [0, 0.1) is 5.92 Å². The average Bonchev–Trinajstić information content (AvgIpc) is 2.77. The number of likely N-dealkylation sites (tertiary alicyclic amines) is 1. The fourth-order valence-corrected chi connectivity index (χ4v) is 4.14. The van der Waals surface area contributed by atoms with Gasteiger partial charge in [0.2, 0.25) is 21.8 Å². The molecule has 0 aliphatic carbocycles. The van der Waals surface area contributed by atoms with E-state index in [-0.39, 0.29) is 41.6 Å². The number of nitrogens with one attached hydrogen (secondary N) is 1. The summed E-state index contributed by atoms with van der Waals surface area (Å²) in [5.74, 6) is -0.683. The van der Waals surface area contributed by atoms with E-state index in [2.05, 4.69) is 4.72 Å². The Kier molecular flexibility index (Phi) is 9.00. The maximum Gasteiger partial charge on any atom is 0.309 e. The van der Waals surface area contributed by atoms with Crippen molar-refractivity contribution in [2.24, 2.45) is 5.92 Å². The van der Waals surface area contributed by atoms with E-state index in [0.717, 1.165) is 5.56 Å². The van der Waals surface area contributed by atoms with Gasteiger partial charge in [-0.25, -0.2) is 13.1 Å². The summed E-state index contributed by atoms with van der Waals surface area (Å²) in [6, 6.07) is 6.35. The number of likely N-dealkylation sites (N-methyl/N-ethyl adjacent to an activating group) is 1. The molecule has 0 radical (unpaired) electrons. The van der Waals surface area contributed by atoms with Crippen molar-refractivity contribution in [3.63, 3.8) is 0 Å². The summed E-state index contributed by atoms with van der Waals surface area (Å²) < 4.78 is 30.8. The van der Waals surface area contributed by atoms with Gasteiger partial charge in [-0.1, -0.05) is 12.1 Å². The van der Waals surface area contributed by atoms with Crippen LogP contribution in [0.4, 0.5) is 0 Å². The minimum atomic E-state index is -3.49. The van der Waals surface area contributed by atoms with Gasteiger partial charge in [0, 0.05) is 26.6 Å². The summed E-state index contributed by atoms with van der Waals surface area (Å²) in [6.45, 7) is 3.07. The summed E-state index contributed by atoms with van der Waals surface area (Å²) >= 11 is 0. The molecule has 0 bridgehead atoms. The minimum Gasteiger partial charge on any atom is -0.466 e. The van der Waals surface area contributed by atoms with Gasteiger partial charge in [-0.05, 0) is 50.9 Å². The number of nitrogens with zero attached hydrogens (tertiary/aromatic N) is 2. The second kappa shape index (κ2) is 11.2. The molecule has 1 heterocycles. The molecule has 0 saturated carbocycles. The zero-order valence-corrected chi connectivity index (χ0v) is 19.1. The summed E-state index contributed by atoms with van der Waals surface area (Å²) in [4.78, 5) is 40.0. The topological polar surface area (TPSA) is 113 Å². The number of amides is 2. The molecule has 2 rings (SSSR count). The Balaban J connectivity index is 1.78. The number of aryl methyl sites for hydroxylation is 1. The molecule has 1 fully saturated rings. The maximum absolute atomic E-state index is 12.5. The predicted octanol–water partition coefficient (Wildman–Crippen LogP) is 0.787. The Morgan fingerprint density at radius 2 is 1.77 bits per heavy atom. The lowest BCUT2D eigenvalue weighted by Gasteiger charge is -2.32. The van der Waals surface area contributed by atoms with Crippen molar-refractivity contribution in [2.45, 2.75) is 37.5 Å². The molecule has 1 aromatic rings. The molecule has 0 aromatic heterocycles. The summed E-state index contributed by atoms with van der Waals surface area (Å²) in [7, 11) is -0.548. The summed E-state index contributed by atoms with van der Waals surface area (Å²) in [5.41, 5.74) is 0.837. The molecule has 9 nitrogen and oxygen atoms in total. The molecule has 1 aliphatic rings. The van der Waals surface area contributed by atoms with Gasteiger partial charge in [0.05, 0.1) is 24.0 Å². The van der Waals surface area contributed by atoms with Gasteiger partial charge in [-0.3, -0.25) is 14.4 Å². The number of hydrogen-bond acceptors (Lipinski definition) is 6. The van der Waals surface area contributed by atoms with Gasteiger partial charge >= 0.3 is 5.97 Å². The smallest absolute Gasteiger partial charge is 0.309 e. The van der Waals surface area contributed by atoms with Crippen molar-refractivity contribution in [3.05, 3.63) is 29.8 Å². The quantitative estimate of drug-likeness (QED) is 0.553. The van der Waals surface area contributed by atoms with E-state index in [1.54, 1.807) is 31.0 Å². The first-order valence-corrected chi connectivity index (χ1v) is 11.9. The SMILES string of the molecule is CCOC(=O)C1CCN(C(=O)CN(C)C(=O)CCc2ccc(S(=O)(=O)NC)cc2)CC1. The number of carbonyl (C=O) groups is 3. The van der Waals surface area contributed by atoms with Gasteiger partial charge in [-0.2, -0.15) is 0 Å². The van der Waals surface area contributed by atoms with Gasteiger partial charge in [-0.15, -0.1) is 0 Å². The van der Waals surface area contributed by atoms with E-state index in [1.807, 2.05) is 0 Å². The molecule has 0 atom stereocenters. The zero-order chi connectivity index (χ0) is 23.0. The molecule has 2 amide bonds. The average molecular weight is 454 g/mol. The van der Waals surface area contributed by atoms with Crippen molar-refractivity contribution >= 4 is 27.8 Å². The molecule has 0 spiro atoms. The molecule has 1 saturated heterocycles. The van der Waals surface area contributed by atoms with Gasteiger partial charge in [0.1, 0.15) is 0 Å². The first kappa shape index (κ1) is 24.8. The maximum atomic E-state index is 12.5. The molecule has 0 unspecified atom stereocenters. The van der Waals surface area contributed by atoms with Crippen LogP contribution in [0.5, 0.6) is 0 Å². The number of sulfonamides is 1. The van der Waals surface area contributed by atoms with Crippen LogP contribution in [-0.4, -0.2) is 76.3 Å². The van der Waals surface area contributed by atoms with E-state index < -0.39 is 10.0 Å². The van der Waals surface area contributed by atoms with Crippen LogP contribution in [0.25, 0.3) is 0 Å². The van der Waals surface area contributed by atoms with E-state index in [1.165, 1.54) is 24.1 Å². The molecular formula is C21H31N3O6S. The normalized spacial score (nSPS) is 14.9. The van der Waals surface area contributed by atoms with Crippen LogP contribution in [0.2, 0.25) is 0 Å². The first-order chi connectivity index (χ1) is 14.7. The van der Waals surface area contributed by atoms with Crippen molar-refractivity contribution in [1.29, 1.82) is 0 Å². The highest BCUT2D eigenvalue weighted by molar-refractivity contribution is 7.89. The van der Waals surface area contributed by atoms with Gasteiger partial charge in [0.15, 0.2) is 0 Å². The highest BCUT2D eigenvalue weighted by atomic mass is 32.2. The van der Waals surface area contributed by atoms with Gasteiger partial charge in [0.25, 0.3) is 0 Å². The Morgan fingerprint density at radius 3 is 2.32 bits per heavy atom. The molecule has 10 heteroatoms. The van der Waals surface area contributed by atoms with Crippen molar-refractivity contribution in [2.75, 3.05) is 40.3 Å². The van der Waals surface area contributed by atoms with Crippen LogP contribution in [-0.2, 0) is 35.6 Å². The molecule has 31 heavy (non-hydrogen) atoms. The molecule has 1 aromatic carbocycles. The fourth-order valence-electron chi connectivity index (χ4n) is 3.41. The summed E-state index contributed by atoms with van der Waals surface area (Å²) in [5, 5.41) is 0. The Bertz CT molecular complexity index is 877.